The number of alkyl halides is 6. The van der Waals surface area contributed by atoms with Crippen molar-refractivity contribution >= 4 is 11.8 Å². The lowest BCUT2D eigenvalue weighted by molar-refractivity contribution is -0.143. The number of hydrogen-bond donors (Lipinski definition) is 2. The van der Waals surface area contributed by atoms with Crippen molar-refractivity contribution in [2.75, 3.05) is 11.9 Å². The minimum absolute atomic E-state index is 0.0354. The molecule has 1 atom stereocenters. The number of ether oxygens (including phenoxy) is 1. The van der Waals surface area contributed by atoms with E-state index in [4.69, 9.17) is 10.5 Å². The fraction of sp³-hybridized carbons (Fsp3) is 0.278. The maximum Gasteiger partial charge on any atom is 0.416 e. The van der Waals surface area contributed by atoms with Crippen LogP contribution in [0, 0.1) is 0 Å². The summed E-state index contributed by atoms with van der Waals surface area (Å²) in [5, 5.41) is 1.87. The largest absolute Gasteiger partial charge is 0.448 e. The molecule has 0 aliphatic rings. The molecule has 0 radical (unpaired) electrons. The smallest absolute Gasteiger partial charge is 0.416 e. The highest BCUT2D eigenvalue weighted by molar-refractivity contribution is 5.85. The maximum atomic E-state index is 12.8. The van der Waals surface area contributed by atoms with Crippen molar-refractivity contribution in [1.82, 2.24) is 0 Å². The van der Waals surface area contributed by atoms with Gasteiger partial charge in [-0.2, -0.15) is 26.3 Å². The Morgan fingerprint density at radius 1 is 0.964 bits per heavy atom. The number of carbonyl (C=O) groups excluding carboxylic acids is 1. The van der Waals surface area contributed by atoms with Gasteiger partial charge in [0, 0.05) is 11.7 Å². The highest BCUT2D eigenvalue weighted by Gasteiger charge is 2.37. The Morgan fingerprint density at radius 3 is 2.00 bits per heavy atom. The van der Waals surface area contributed by atoms with E-state index in [9.17, 15) is 31.1 Å². The predicted molar refractivity (Wildman–Crippen MR) is 89.5 cm³/mol. The van der Waals surface area contributed by atoms with E-state index in [1.807, 2.05) is 11.4 Å². The highest BCUT2D eigenvalue weighted by Crippen LogP contribution is 2.37. The summed E-state index contributed by atoms with van der Waals surface area (Å²) in [6.07, 6.45) is -10.9. The second-order valence-corrected chi connectivity index (χ2v) is 5.97. The van der Waals surface area contributed by atoms with E-state index in [0.29, 0.717) is 18.6 Å². The summed E-state index contributed by atoms with van der Waals surface area (Å²) >= 11 is 0. The molecule has 4 nitrogen and oxygen atoms in total. The summed E-state index contributed by atoms with van der Waals surface area (Å²) in [5.41, 5.74) is 2.91. The number of rotatable bonds is 5. The first-order valence-corrected chi connectivity index (χ1v) is 7.98. The zero-order chi connectivity index (χ0) is 20.9. The minimum Gasteiger partial charge on any atom is -0.448 e. The predicted octanol–water partition coefficient (Wildman–Crippen LogP) is 4.84. The Morgan fingerprint density at radius 2 is 1.50 bits per heavy atom. The summed E-state index contributed by atoms with van der Waals surface area (Å²) in [5.74, 6) is 0. The average Bonchev–Trinajstić information content (AvgIpc) is 2.59. The van der Waals surface area contributed by atoms with Crippen LogP contribution in [0.15, 0.2) is 48.5 Å². The topological polar surface area (TPSA) is 64.3 Å². The maximum absolute atomic E-state index is 12.8. The number of carbonyl (C=O) groups is 1. The normalized spacial score (nSPS) is 13.1. The van der Waals surface area contributed by atoms with Crippen LogP contribution in [-0.4, -0.2) is 18.7 Å². The molecule has 3 N–H and O–H groups in total. The van der Waals surface area contributed by atoms with E-state index in [1.54, 1.807) is 24.3 Å². The number of nitrogens with two attached hydrogens (primary N) is 1. The Labute approximate surface area is 156 Å². The summed E-state index contributed by atoms with van der Waals surface area (Å²) in [6.45, 7) is -0.272. The van der Waals surface area contributed by atoms with Crippen molar-refractivity contribution in [3.63, 3.8) is 0 Å². The molecule has 10 heteroatoms. The first-order chi connectivity index (χ1) is 12.9. The summed E-state index contributed by atoms with van der Waals surface area (Å²) in [6, 6.07) is 9.15. The molecule has 28 heavy (non-hydrogen) atoms. The first kappa shape index (κ1) is 21.5. The number of amides is 1. The fourth-order valence-corrected chi connectivity index (χ4v) is 2.34. The lowest BCUT2D eigenvalue weighted by Gasteiger charge is -2.16. The molecule has 2 aromatic carbocycles. The standard InChI is InChI=1S/C18H16F6N2O2/c19-17(20,21)12-7-13(18(22,23)24)9-15(8-12)26-16(27)28-10-14(25)6-11-4-2-1-3-5-11/h1-5,7-9,14H,6,10,25H2,(H,26,27). The molecule has 0 heterocycles. The molecule has 0 saturated carbocycles. The van der Waals surface area contributed by atoms with Gasteiger partial charge in [-0.25, -0.2) is 4.79 Å². The zero-order valence-corrected chi connectivity index (χ0v) is 14.3. The number of benzene rings is 2. The van der Waals surface area contributed by atoms with Crippen LogP contribution in [0.1, 0.15) is 16.7 Å². The van der Waals surface area contributed by atoms with Gasteiger partial charge in [0.05, 0.1) is 11.1 Å². The molecule has 0 bridgehead atoms. The van der Waals surface area contributed by atoms with Crippen LogP contribution >= 0.6 is 0 Å². The number of halogens is 6. The number of hydrogen-bond acceptors (Lipinski definition) is 3. The van der Waals surface area contributed by atoms with Gasteiger partial charge in [-0.15, -0.1) is 0 Å². The molecule has 152 valence electrons. The summed E-state index contributed by atoms with van der Waals surface area (Å²) in [7, 11) is 0. The molecular formula is C18H16F6N2O2. The molecule has 2 rings (SSSR count). The molecule has 0 spiro atoms. The van der Waals surface area contributed by atoms with E-state index in [-0.39, 0.29) is 12.7 Å². The van der Waals surface area contributed by atoms with Gasteiger partial charge in [0.1, 0.15) is 6.61 Å². The van der Waals surface area contributed by atoms with Crippen LogP contribution in [0.2, 0.25) is 0 Å². The average molecular weight is 406 g/mol. The first-order valence-electron chi connectivity index (χ1n) is 7.98. The van der Waals surface area contributed by atoms with Gasteiger partial charge < -0.3 is 10.5 Å². The van der Waals surface area contributed by atoms with Crippen molar-refractivity contribution < 1.29 is 35.9 Å². The van der Waals surface area contributed by atoms with Gasteiger partial charge in [-0.3, -0.25) is 5.32 Å². The molecule has 0 aliphatic carbocycles. The molecule has 0 saturated heterocycles. The molecule has 2 aromatic rings. The van der Waals surface area contributed by atoms with Crippen LogP contribution in [0.3, 0.4) is 0 Å². The molecule has 1 amide bonds. The molecular weight excluding hydrogens is 390 g/mol. The monoisotopic (exact) mass is 406 g/mol. The third-order valence-electron chi connectivity index (χ3n) is 3.60. The Hall–Kier alpha value is -2.75. The van der Waals surface area contributed by atoms with Crippen molar-refractivity contribution in [2.24, 2.45) is 5.73 Å². The van der Waals surface area contributed by atoms with Gasteiger partial charge in [0.2, 0.25) is 0 Å². The Kier molecular flexibility index (Phi) is 6.55. The molecule has 1 unspecified atom stereocenters. The van der Waals surface area contributed by atoms with Crippen LogP contribution in [0.25, 0.3) is 0 Å². The quantitative estimate of drug-likeness (QED) is 0.699. The SMILES string of the molecule is NC(COC(=O)Nc1cc(C(F)(F)F)cc(C(F)(F)F)c1)Cc1ccccc1. The number of anilines is 1. The van der Waals surface area contributed by atoms with Crippen molar-refractivity contribution in [3.8, 4) is 0 Å². The summed E-state index contributed by atoms with van der Waals surface area (Å²) in [4.78, 5) is 11.7. The summed E-state index contributed by atoms with van der Waals surface area (Å²) < 4.78 is 81.6. The van der Waals surface area contributed by atoms with Gasteiger partial charge in [-0.1, -0.05) is 30.3 Å². The second-order valence-electron chi connectivity index (χ2n) is 5.97. The molecule has 0 aromatic heterocycles. The Balaban J connectivity index is 2.02. The van der Waals surface area contributed by atoms with Crippen molar-refractivity contribution in [2.45, 2.75) is 24.8 Å². The van der Waals surface area contributed by atoms with E-state index in [1.165, 1.54) is 0 Å². The minimum atomic E-state index is -5.01. The molecule has 0 aliphatic heterocycles. The van der Waals surface area contributed by atoms with E-state index >= 15 is 0 Å². The fourth-order valence-electron chi connectivity index (χ4n) is 2.34. The zero-order valence-electron chi connectivity index (χ0n) is 14.3. The Bertz CT molecular complexity index is 774. The van der Waals surface area contributed by atoms with Gasteiger partial charge in [0.15, 0.2) is 0 Å². The van der Waals surface area contributed by atoms with E-state index in [2.05, 4.69) is 0 Å². The lowest BCUT2D eigenvalue weighted by atomic mass is 10.1. The second kappa shape index (κ2) is 8.51. The lowest BCUT2D eigenvalue weighted by Crippen LogP contribution is -2.31. The third kappa shape index (κ3) is 6.45. The van der Waals surface area contributed by atoms with Crippen molar-refractivity contribution in [1.29, 1.82) is 0 Å². The third-order valence-corrected chi connectivity index (χ3v) is 3.60. The highest BCUT2D eigenvalue weighted by atomic mass is 19.4. The van der Waals surface area contributed by atoms with Crippen LogP contribution in [0.4, 0.5) is 36.8 Å². The number of nitrogens with one attached hydrogen (secondary N) is 1. The van der Waals surface area contributed by atoms with Gasteiger partial charge in [-0.05, 0) is 30.2 Å². The molecule has 0 fully saturated rings. The van der Waals surface area contributed by atoms with Gasteiger partial charge in [0.25, 0.3) is 0 Å². The van der Waals surface area contributed by atoms with E-state index < -0.39 is 41.3 Å². The van der Waals surface area contributed by atoms with E-state index in [0.717, 1.165) is 5.56 Å². The van der Waals surface area contributed by atoms with Crippen LogP contribution in [-0.2, 0) is 23.5 Å². The van der Waals surface area contributed by atoms with Crippen LogP contribution in [0.5, 0.6) is 0 Å². The van der Waals surface area contributed by atoms with Gasteiger partial charge >= 0.3 is 18.4 Å². The van der Waals surface area contributed by atoms with Crippen molar-refractivity contribution in [3.05, 3.63) is 65.2 Å². The van der Waals surface area contributed by atoms with Crippen LogP contribution < -0.4 is 11.1 Å².